The third kappa shape index (κ3) is 2.83. The van der Waals surface area contributed by atoms with Crippen LogP contribution in [-0.2, 0) is 0 Å². The van der Waals surface area contributed by atoms with Crippen molar-refractivity contribution in [3.63, 3.8) is 0 Å². The first kappa shape index (κ1) is 15.0. The third-order valence-corrected chi connectivity index (χ3v) is 4.50. The Balaban J connectivity index is 1.46. The van der Waals surface area contributed by atoms with Gasteiger partial charge in [0.2, 0.25) is 0 Å². The largest absolute Gasteiger partial charge is 0.487 e. The number of hydrogen-bond acceptors (Lipinski definition) is 3. The quantitative estimate of drug-likeness (QED) is 0.734. The van der Waals surface area contributed by atoms with E-state index in [1.165, 1.54) is 0 Å². The first-order valence-electron chi connectivity index (χ1n) is 7.83. The predicted octanol–water partition coefficient (Wildman–Crippen LogP) is 3.28. The number of rotatable bonds is 3. The van der Waals surface area contributed by atoms with E-state index in [9.17, 15) is 4.79 Å². The van der Waals surface area contributed by atoms with Crippen molar-refractivity contribution in [3.05, 3.63) is 65.7 Å². The summed E-state index contributed by atoms with van der Waals surface area (Å²) < 4.78 is 7.86. The highest BCUT2D eigenvalue weighted by atomic mass is 35.5. The Hall–Kier alpha value is -2.53. The lowest BCUT2D eigenvalue weighted by Gasteiger charge is -2.17. The molecule has 0 radical (unpaired) electrons. The van der Waals surface area contributed by atoms with E-state index < -0.39 is 0 Å². The summed E-state index contributed by atoms with van der Waals surface area (Å²) in [6.45, 7) is 1.24. The maximum atomic E-state index is 12.7. The van der Waals surface area contributed by atoms with E-state index in [2.05, 4.69) is 4.98 Å². The molecule has 122 valence electrons. The average molecular weight is 342 g/mol. The van der Waals surface area contributed by atoms with Crippen LogP contribution in [0.5, 0.6) is 5.75 Å². The van der Waals surface area contributed by atoms with Crippen molar-refractivity contribution < 1.29 is 9.53 Å². The van der Waals surface area contributed by atoms with Gasteiger partial charge in [0.15, 0.2) is 0 Å². The molecule has 0 bridgehead atoms. The molecule has 0 saturated carbocycles. The zero-order chi connectivity index (χ0) is 16.5. The molecule has 4 heterocycles. The van der Waals surface area contributed by atoms with Gasteiger partial charge in [0.1, 0.15) is 16.9 Å². The second-order valence-corrected chi connectivity index (χ2v) is 6.25. The van der Waals surface area contributed by atoms with Crippen LogP contribution >= 0.6 is 11.6 Å². The molecule has 1 amide bonds. The minimum Gasteiger partial charge on any atom is -0.487 e. The summed E-state index contributed by atoms with van der Waals surface area (Å²) in [5.74, 6) is 0.645. The van der Waals surface area contributed by atoms with E-state index in [1.807, 2.05) is 46.0 Å². The number of likely N-dealkylation sites (tertiary alicyclic amines) is 1. The van der Waals surface area contributed by atoms with Crippen LogP contribution in [0.15, 0.2) is 55.1 Å². The van der Waals surface area contributed by atoms with E-state index in [4.69, 9.17) is 16.3 Å². The molecule has 1 fully saturated rings. The van der Waals surface area contributed by atoms with Gasteiger partial charge < -0.3 is 14.0 Å². The smallest absolute Gasteiger partial charge is 0.255 e. The Bertz CT molecular complexity index is 860. The molecule has 1 atom stereocenters. The summed E-state index contributed by atoms with van der Waals surface area (Å²) in [4.78, 5) is 18.5. The molecular weight excluding hydrogens is 326 g/mol. The van der Waals surface area contributed by atoms with Gasteiger partial charge in [-0.2, -0.15) is 0 Å². The van der Waals surface area contributed by atoms with Crippen LogP contribution in [0.1, 0.15) is 16.8 Å². The van der Waals surface area contributed by atoms with Crippen molar-refractivity contribution >= 4 is 23.0 Å². The second-order valence-electron chi connectivity index (χ2n) is 5.85. The number of fused-ring (bicyclic) bond motifs is 1. The lowest BCUT2D eigenvalue weighted by atomic mass is 10.3. The van der Waals surface area contributed by atoms with Gasteiger partial charge in [-0.15, -0.1) is 0 Å². The second kappa shape index (κ2) is 6.17. The summed E-state index contributed by atoms with van der Waals surface area (Å²) >= 11 is 6.07. The van der Waals surface area contributed by atoms with E-state index in [0.29, 0.717) is 29.4 Å². The first-order valence-corrected chi connectivity index (χ1v) is 8.21. The molecule has 1 aliphatic rings. The van der Waals surface area contributed by atoms with Crippen LogP contribution < -0.4 is 4.74 Å². The molecular formula is C18H16ClN3O2. The SMILES string of the molecule is O=C(c1cc2ccccn2c1)N1CC[C@@H](Oc2ccncc2Cl)C1. The minimum absolute atomic E-state index is 0.0330. The Morgan fingerprint density at radius 1 is 1.33 bits per heavy atom. The highest BCUT2D eigenvalue weighted by Crippen LogP contribution is 2.26. The Kier molecular flexibility index (Phi) is 3.86. The molecule has 3 aromatic heterocycles. The van der Waals surface area contributed by atoms with Crippen molar-refractivity contribution in [2.24, 2.45) is 0 Å². The van der Waals surface area contributed by atoms with Crippen LogP contribution in [0.3, 0.4) is 0 Å². The van der Waals surface area contributed by atoms with Crippen LogP contribution in [0.4, 0.5) is 0 Å². The van der Waals surface area contributed by atoms with Crippen molar-refractivity contribution in [2.75, 3.05) is 13.1 Å². The molecule has 0 spiro atoms. The zero-order valence-electron chi connectivity index (χ0n) is 12.9. The van der Waals surface area contributed by atoms with Gasteiger partial charge in [0.05, 0.1) is 12.1 Å². The van der Waals surface area contributed by atoms with Gasteiger partial charge in [0, 0.05) is 49.3 Å². The summed E-state index contributed by atoms with van der Waals surface area (Å²) in [6, 6.07) is 9.54. The van der Waals surface area contributed by atoms with Crippen molar-refractivity contribution in [2.45, 2.75) is 12.5 Å². The maximum absolute atomic E-state index is 12.7. The van der Waals surface area contributed by atoms with Gasteiger partial charge in [0.25, 0.3) is 5.91 Å². The van der Waals surface area contributed by atoms with E-state index >= 15 is 0 Å². The number of ether oxygens (including phenoxy) is 1. The highest BCUT2D eigenvalue weighted by Gasteiger charge is 2.29. The molecule has 4 rings (SSSR count). The average Bonchev–Trinajstić information content (AvgIpc) is 3.23. The standard InChI is InChI=1S/C18H16ClN3O2/c19-16-10-20-6-4-17(16)24-15-5-8-22(12-15)18(23)13-9-14-3-1-2-7-21(14)11-13/h1-4,6-7,9-11,15H,5,8,12H2/t15-/m1/s1. The molecule has 6 heteroatoms. The number of nitrogens with zero attached hydrogens (tertiary/aromatic N) is 3. The maximum Gasteiger partial charge on any atom is 0.255 e. The number of carbonyl (C=O) groups is 1. The summed E-state index contributed by atoms with van der Waals surface area (Å²) in [7, 11) is 0. The van der Waals surface area contributed by atoms with E-state index in [-0.39, 0.29) is 12.0 Å². The number of carbonyl (C=O) groups excluding carboxylic acids is 1. The predicted molar refractivity (Wildman–Crippen MR) is 91.6 cm³/mol. The number of halogens is 1. The summed E-state index contributed by atoms with van der Waals surface area (Å²) in [5.41, 5.74) is 1.71. The summed E-state index contributed by atoms with van der Waals surface area (Å²) in [6.07, 6.45) is 7.75. The molecule has 1 saturated heterocycles. The van der Waals surface area contributed by atoms with E-state index in [1.54, 1.807) is 18.5 Å². The Labute approximate surface area is 144 Å². The summed E-state index contributed by atoms with van der Waals surface area (Å²) in [5, 5.41) is 0.487. The fourth-order valence-electron chi connectivity index (χ4n) is 3.00. The Morgan fingerprint density at radius 2 is 2.25 bits per heavy atom. The molecule has 1 aliphatic heterocycles. The molecule has 0 aromatic carbocycles. The molecule has 5 nitrogen and oxygen atoms in total. The number of aromatic nitrogens is 2. The lowest BCUT2D eigenvalue weighted by Crippen LogP contribution is -2.30. The van der Waals surface area contributed by atoms with Gasteiger partial charge in [-0.05, 0) is 18.2 Å². The monoisotopic (exact) mass is 341 g/mol. The van der Waals surface area contributed by atoms with Gasteiger partial charge >= 0.3 is 0 Å². The van der Waals surface area contributed by atoms with Gasteiger partial charge in [-0.25, -0.2) is 0 Å². The first-order chi connectivity index (χ1) is 11.7. The van der Waals surface area contributed by atoms with Crippen molar-refractivity contribution in [3.8, 4) is 5.75 Å². The fraction of sp³-hybridized carbons (Fsp3) is 0.222. The van der Waals surface area contributed by atoms with Crippen LogP contribution in [0, 0.1) is 0 Å². The minimum atomic E-state index is -0.0501. The van der Waals surface area contributed by atoms with Crippen LogP contribution in [-0.4, -0.2) is 39.4 Å². The topological polar surface area (TPSA) is 46.8 Å². The van der Waals surface area contributed by atoms with Gasteiger partial charge in [-0.3, -0.25) is 9.78 Å². The number of hydrogen-bond donors (Lipinski definition) is 0. The fourth-order valence-corrected chi connectivity index (χ4v) is 3.17. The molecule has 24 heavy (non-hydrogen) atoms. The number of amides is 1. The van der Waals surface area contributed by atoms with Crippen LogP contribution in [0.2, 0.25) is 5.02 Å². The van der Waals surface area contributed by atoms with Crippen LogP contribution in [0.25, 0.3) is 5.52 Å². The normalized spacial score (nSPS) is 17.4. The molecule has 0 aliphatic carbocycles. The van der Waals surface area contributed by atoms with E-state index in [0.717, 1.165) is 11.9 Å². The van der Waals surface area contributed by atoms with Crippen molar-refractivity contribution in [1.29, 1.82) is 0 Å². The molecule has 3 aromatic rings. The number of pyridine rings is 2. The zero-order valence-corrected chi connectivity index (χ0v) is 13.7. The van der Waals surface area contributed by atoms with Crippen molar-refractivity contribution in [1.82, 2.24) is 14.3 Å². The highest BCUT2D eigenvalue weighted by molar-refractivity contribution is 6.31. The third-order valence-electron chi connectivity index (χ3n) is 4.21. The lowest BCUT2D eigenvalue weighted by molar-refractivity contribution is 0.0772. The Morgan fingerprint density at radius 3 is 3.08 bits per heavy atom. The molecule has 0 N–H and O–H groups in total. The van der Waals surface area contributed by atoms with Gasteiger partial charge in [-0.1, -0.05) is 17.7 Å². The molecule has 0 unspecified atom stereocenters.